The van der Waals surface area contributed by atoms with E-state index in [0.29, 0.717) is 43.4 Å². The van der Waals surface area contributed by atoms with Gasteiger partial charge in [-0.25, -0.2) is 8.78 Å². The molecular weight excluding hydrogens is 366 g/mol. The van der Waals surface area contributed by atoms with Gasteiger partial charge in [0.05, 0.1) is 18.4 Å². The molecule has 2 aromatic rings. The van der Waals surface area contributed by atoms with Crippen LogP contribution in [-0.4, -0.2) is 36.9 Å². The molecule has 148 valence electrons. The minimum Gasteiger partial charge on any atom is -0.495 e. The Morgan fingerprint density at radius 1 is 1.11 bits per heavy atom. The lowest BCUT2D eigenvalue weighted by molar-refractivity contribution is -0.121. The maximum atomic E-state index is 13.8. The number of halogens is 2. The van der Waals surface area contributed by atoms with E-state index in [4.69, 9.17) is 4.74 Å². The predicted octanol–water partition coefficient (Wildman–Crippen LogP) is 3.77. The van der Waals surface area contributed by atoms with Crippen molar-refractivity contribution in [1.82, 2.24) is 4.90 Å². The van der Waals surface area contributed by atoms with E-state index in [-0.39, 0.29) is 17.4 Å². The molecule has 0 bridgehead atoms. The van der Waals surface area contributed by atoms with E-state index in [0.717, 1.165) is 17.7 Å². The van der Waals surface area contributed by atoms with E-state index < -0.39 is 17.5 Å². The van der Waals surface area contributed by atoms with Gasteiger partial charge in [0.25, 0.3) is 5.91 Å². The molecule has 1 fully saturated rings. The third-order valence-corrected chi connectivity index (χ3v) is 4.93. The number of amides is 2. The highest BCUT2D eigenvalue weighted by Gasteiger charge is 2.29. The summed E-state index contributed by atoms with van der Waals surface area (Å²) in [5.41, 5.74) is 1.45. The van der Waals surface area contributed by atoms with E-state index in [2.05, 4.69) is 5.32 Å². The van der Waals surface area contributed by atoms with Gasteiger partial charge in [0.2, 0.25) is 5.91 Å². The highest BCUT2D eigenvalue weighted by Crippen LogP contribution is 2.27. The number of methoxy groups -OCH3 is 1. The molecule has 0 saturated carbocycles. The number of anilines is 1. The zero-order chi connectivity index (χ0) is 20.3. The Hall–Kier alpha value is -2.96. The molecule has 1 heterocycles. The first-order chi connectivity index (χ1) is 13.4. The van der Waals surface area contributed by atoms with Crippen LogP contribution >= 0.6 is 0 Å². The van der Waals surface area contributed by atoms with Gasteiger partial charge in [-0.3, -0.25) is 9.59 Å². The monoisotopic (exact) mass is 388 g/mol. The Bertz CT molecular complexity index is 893. The second kappa shape index (κ2) is 8.37. The summed E-state index contributed by atoms with van der Waals surface area (Å²) in [6.07, 6.45) is 0.934. The summed E-state index contributed by atoms with van der Waals surface area (Å²) in [4.78, 5) is 26.6. The van der Waals surface area contributed by atoms with Crippen molar-refractivity contribution >= 4 is 17.5 Å². The number of likely N-dealkylation sites (tertiary alicyclic amines) is 1. The van der Waals surface area contributed by atoms with Crippen LogP contribution in [0.15, 0.2) is 36.4 Å². The minimum absolute atomic E-state index is 0.135. The Labute approximate surface area is 162 Å². The molecule has 0 aliphatic carbocycles. The lowest BCUT2D eigenvalue weighted by Crippen LogP contribution is -2.41. The van der Waals surface area contributed by atoms with Gasteiger partial charge in [0.15, 0.2) is 0 Å². The normalized spacial score (nSPS) is 14.6. The Balaban J connectivity index is 1.61. The number of aryl methyl sites for hydroxylation is 1. The number of nitrogens with zero attached hydrogens (tertiary/aromatic N) is 1. The molecule has 1 aliphatic heterocycles. The van der Waals surface area contributed by atoms with E-state index >= 15 is 0 Å². The molecule has 1 N–H and O–H groups in total. The Morgan fingerprint density at radius 3 is 2.46 bits per heavy atom. The molecule has 0 spiro atoms. The maximum Gasteiger partial charge on any atom is 0.256 e. The lowest BCUT2D eigenvalue weighted by atomic mass is 9.95. The van der Waals surface area contributed by atoms with Gasteiger partial charge in [0.1, 0.15) is 17.4 Å². The number of benzene rings is 2. The van der Waals surface area contributed by atoms with E-state index in [1.807, 2.05) is 19.1 Å². The van der Waals surface area contributed by atoms with Crippen molar-refractivity contribution in [3.63, 3.8) is 0 Å². The van der Waals surface area contributed by atoms with Crippen LogP contribution in [0.5, 0.6) is 5.75 Å². The zero-order valence-electron chi connectivity index (χ0n) is 15.8. The summed E-state index contributed by atoms with van der Waals surface area (Å²) in [6, 6.07) is 8.44. The fourth-order valence-electron chi connectivity index (χ4n) is 3.33. The second-order valence-electron chi connectivity index (χ2n) is 6.88. The Morgan fingerprint density at radius 2 is 1.82 bits per heavy atom. The van der Waals surface area contributed by atoms with Crippen molar-refractivity contribution in [2.75, 3.05) is 25.5 Å². The van der Waals surface area contributed by atoms with E-state index in [1.165, 1.54) is 4.90 Å². The molecule has 1 aliphatic rings. The van der Waals surface area contributed by atoms with Crippen LogP contribution in [-0.2, 0) is 4.79 Å². The van der Waals surface area contributed by atoms with Crippen LogP contribution in [0.1, 0.15) is 28.8 Å². The third-order valence-electron chi connectivity index (χ3n) is 4.93. The second-order valence-corrected chi connectivity index (χ2v) is 6.88. The first-order valence-corrected chi connectivity index (χ1v) is 9.09. The van der Waals surface area contributed by atoms with Crippen LogP contribution in [0.2, 0.25) is 0 Å². The largest absolute Gasteiger partial charge is 0.495 e. The average molecular weight is 388 g/mol. The van der Waals surface area contributed by atoms with Crippen molar-refractivity contribution in [3.05, 3.63) is 59.2 Å². The molecule has 0 atom stereocenters. The van der Waals surface area contributed by atoms with Gasteiger partial charge in [-0.2, -0.15) is 0 Å². The number of carbonyl (C=O) groups excluding carboxylic acids is 2. The van der Waals surface area contributed by atoms with Crippen molar-refractivity contribution in [2.24, 2.45) is 5.92 Å². The quantitative estimate of drug-likeness (QED) is 0.867. The van der Waals surface area contributed by atoms with Crippen molar-refractivity contribution in [1.29, 1.82) is 0 Å². The van der Waals surface area contributed by atoms with Crippen molar-refractivity contribution in [3.8, 4) is 5.75 Å². The molecule has 28 heavy (non-hydrogen) atoms. The summed E-state index contributed by atoms with van der Waals surface area (Å²) >= 11 is 0. The molecule has 1 saturated heterocycles. The number of piperidine rings is 1. The molecule has 5 nitrogen and oxygen atoms in total. The van der Waals surface area contributed by atoms with Gasteiger partial charge < -0.3 is 15.0 Å². The summed E-state index contributed by atoms with van der Waals surface area (Å²) < 4.78 is 32.2. The number of hydrogen-bond acceptors (Lipinski definition) is 3. The highest BCUT2D eigenvalue weighted by atomic mass is 19.1. The van der Waals surface area contributed by atoms with Gasteiger partial charge in [-0.15, -0.1) is 0 Å². The average Bonchev–Trinajstić information content (AvgIpc) is 2.68. The topological polar surface area (TPSA) is 58.6 Å². The molecule has 0 unspecified atom stereocenters. The fourth-order valence-corrected chi connectivity index (χ4v) is 3.33. The first kappa shape index (κ1) is 19.8. The number of ether oxygens (including phenoxy) is 1. The smallest absolute Gasteiger partial charge is 0.256 e. The fraction of sp³-hybridized carbons (Fsp3) is 0.333. The molecule has 0 aromatic heterocycles. The van der Waals surface area contributed by atoms with Crippen LogP contribution in [0.25, 0.3) is 0 Å². The minimum atomic E-state index is -0.878. The van der Waals surface area contributed by atoms with Gasteiger partial charge >= 0.3 is 0 Å². The summed E-state index contributed by atoms with van der Waals surface area (Å²) in [6.45, 7) is 2.59. The van der Waals surface area contributed by atoms with E-state index in [1.54, 1.807) is 13.2 Å². The summed E-state index contributed by atoms with van der Waals surface area (Å²) in [5.74, 6) is -1.90. The van der Waals surface area contributed by atoms with Crippen molar-refractivity contribution < 1.29 is 23.1 Å². The molecule has 2 aromatic carbocycles. The molecular formula is C21H22F2N2O3. The first-order valence-electron chi connectivity index (χ1n) is 9.09. The Kier molecular flexibility index (Phi) is 5.92. The van der Waals surface area contributed by atoms with Gasteiger partial charge in [-0.05, 0) is 49.6 Å². The van der Waals surface area contributed by atoms with Crippen LogP contribution in [0.4, 0.5) is 14.5 Å². The number of nitrogens with one attached hydrogen (secondary N) is 1. The zero-order valence-corrected chi connectivity index (χ0v) is 15.8. The van der Waals surface area contributed by atoms with Crippen LogP contribution < -0.4 is 10.1 Å². The van der Waals surface area contributed by atoms with E-state index in [9.17, 15) is 18.4 Å². The van der Waals surface area contributed by atoms with Gasteiger partial charge in [0, 0.05) is 25.1 Å². The third kappa shape index (κ3) is 4.30. The maximum absolute atomic E-state index is 13.8. The summed E-state index contributed by atoms with van der Waals surface area (Å²) in [7, 11) is 1.54. The number of rotatable bonds is 4. The molecule has 7 heteroatoms. The highest BCUT2D eigenvalue weighted by molar-refractivity contribution is 5.96. The number of hydrogen-bond donors (Lipinski definition) is 1. The standard InChI is InChI=1S/C21H22F2N2O3/c1-13-3-6-19(28-2)18(11-13)24-20(26)14-7-9-25(10-8-14)21(27)16-5-4-15(22)12-17(16)23/h3-6,11-12,14H,7-10H2,1-2H3,(H,24,26). The van der Waals surface area contributed by atoms with Gasteiger partial charge in [-0.1, -0.05) is 6.07 Å². The van der Waals surface area contributed by atoms with Crippen molar-refractivity contribution in [2.45, 2.75) is 19.8 Å². The SMILES string of the molecule is COc1ccc(C)cc1NC(=O)C1CCN(C(=O)c2ccc(F)cc2F)CC1. The molecule has 3 rings (SSSR count). The van der Waals surface area contributed by atoms with Crippen LogP contribution in [0.3, 0.4) is 0 Å². The summed E-state index contributed by atoms with van der Waals surface area (Å²) in [5, 5.41) is 2.89. The number of carbonyl (C=O) groups is 2. The molecule has 2 amide bonds. The molecule has 0 radical (unpaired) electrons. The predicted molar refractivity (Wildman–Crippen MR) is 101 cm³/mol. The van der Waals surface area contributed by atoms with Crippen LogP contribution in [0, 0.1) is 24.5 Å². The lowest BCUT2D eigenvalue weighted by Gasteiger charge is -2.31.